The van der Waals surface area contributed by atoms with Gasteiger partial charge in [0, 0.05) is 13.1 Å². The number of nitrogens with zero attached hydrogens (tertiary/aromatic N) is 1. The second-order valence-electron chi connectivity index (χ2n) is 4.89. The molecule has 0 bridgehead atoms. The molecule has 5 nitrogen and oxygen atoms in total. The summed E-state index contributed by atoms with van der Waals surface area (Å²) >= 11 is 5.97. The van der Waals surface area contributed by atoms with Gasteiger partial charge in [0.25, 0.3) is 0 Å². The van der Waals surface area contributed by atoms with E-state index >= 15 is 0 Å². The Kier molecular flexibility index (Phi) is 4.23. The molecule has 1 heterocycles. The van der Waals surface area contributed by atoms with Crippen LogP contribution in [0.25, 0.3) is 0 Å². The molecule has 0 spiro atoms. The maximum atomic E-state index is 12.3. The molecular formula is C12H18ClN3O2S. The first-order chi connectivity index (χ1) is 8.90. The van der Waals surface area contributed by atoms with Crippen molar-refractivity contribution in [3.63, 3.8) is 0 Å². The Morgan fingerprint density at radius 1 is 1.37 bits per heavy atom. The minimum Gasteiger partial charge on any atom is -0.397 e. The molecular weight excluding hydrogens is 286 g/mol. The van der Waals surface area contributed by atoms with E-state index in [9.17, 15) is 8.42 Å². The highest BCUT2D eigenvalue weighted by Gasteiger charge is 2.27. The van der Waals surface area contributed by atoms with Gasteiger partial charge in [0.05, 0.1) is 16.4 Å². The van der Waals surface area contributed by atoms with E-state index in [2.05, 4.69) is 11.6 Å². The second-order valence-corrected chi connectivity index (χ2v) is 6.97. The average Bonchev–Trinajstić information content (AvgIpc) is 2.35. The van der Waals surface area contributed by atoms with E-state index < -0.39 is 10.2 Å². The molecule has 3 N–H and O–H groups in total. The Morgan fingerprint density at radius 2 is 2.00 bits per heavy atom. The molecule has 2 rings (SSSR count). The number of nitrogens with one attached hydrogen (secondary N) is 1. The zero-order chi connectivity index (χ0) is 14.0. The minimum absolute atomic E-state index is 0.253. The van der Waals surface area contributed by atoms with E-state index in [0.29, 0.717) is 29.7 Å². The third kappa shape index (κ3) is 3.32. The topological polar surface area (TPSA) is 75.4 Å². The van der Waals surface area contributed by atoms with Crippen molar-refractivity contribution in [2.24, 2.45) is 5.92 Å². The van der Waals surface area contributed by atoms with Crippen molar-refractivity contribution in [2.75, 3.05) is 23.5 Å². The summed E-state index contributed by atoms with van der Waals surface area (Å²) in [6.45, 7) is 3.19. The predicted octanol–water partition coefficient (Wildman–Crippen LogP) is 2.31. The van der Waals surface area contributed by atoms with Crippen LogP contribution in [0.3, 0.4) is 0 Å². The van der Waals surface area contributed by atoms with Crippen LogP contribution in [0.15, 0.2) is 18.2 Å². The Morgan fingerprint density at radius 3 is 2.58 bits per heavy atom. The van der Waals surface area contributed by atoms with Gasteiger partial charge < -0.3 is 5.73 Å². The van der Waals surface area contributed by atoms with E-state index in [4.69, 9.17) is 17.3 Å². The normalized spacial score (nSPS) is 18.4. The van der Waals surface area contributed by atoms with Crippen LogP contribution in [0, 0.1) is 5.92 Å². The molecule has 1 aliphatic heterocycles. The quantitative estimate of drug-likeness (QED) is 0.841. The van der Waals surface area contributed by atoms with Crippen molar-refractivity contribution in [1.29, 1.82) is 0 Å². The van der Waals surface area contributed by atoms with Crippen molar-refractivity contribution >= 4 is 33.2 Å². The Bertz CT molecular complexity index is 534. The summed E-state index contributed by atoms with van der Waals surface area (Å²) in [6, 6.07) is 4.90. The van der Waals surface area contributed by atoms with Crippen molar-refractivity contribution in [3.05, 3.63) is 23.2 Å². The highest BCUT2D eigenvalue weighted by Crippen LogP contribution is 2.30. The number of nitrogens with two attached hydrogens (primary N) is 1. The number of nitrogen functional groups attached to an aromatic ring is 1. The smallest absolute Gasteiger partial charge is 0.301 e. The van der Waals surface area contributed by atoms with Crippen LogP contribution >= 0.6 is 11.6 Å². The highest BCUT2D eigenvalue weighted by molar-refractivity contribution is 7.90. The molecule has 106 valence electrons. The fourth-order valence-electron chi connectivity index (χ4n) is 2.07. The minimum atomic E-state index is -3.59. The van der Waals surface area contributed by atoms with Crippen LogP contribution in [-0.4, -0.2) is 25.8 Å². The first kappa shape index (κ1) is 14.4. The summed E-state index contributed by atoms with van der Waals surface area (Å²) in [7, 11) is -3.59. The van der Waals surface area contributed by atoms with Crippen LogP contribution in [0.2, 0.25) is 5.02 Å². The summed E-state index contributed by atoms with van der Waals surface area (Å²) in [5.74, 6) is 0.567. The summed E-state index contributed by atoms with van der Waals surface area (Å²) < 4.78 is 28.5. The van der Waals surface area contributed by atoms with Crippen molar-refractivity contribution in [1.82, 2.24) is 4.31 Å². The van der Waals surface area contributed by atoms with E-state index in [1.54, 1.807) is 18.2 Å². The number of hydrogen-bond donors (Lipinski definition) is 2. The second kappa shape index (κ2) is 5.56. The van der Waals surface area contributed by atoms with Gasteiger partial charge in [0.2, 0.25) is 0 Å². The molecule has 1 aromatic rings. The number of halogens is 1. The molecule has 0 amide bonds. The van der Waals surface area contributed by atoms with Crippen LogP contribution in [-0.2, 0) is 10.2 Å². The van der Waals surface area contributed by atoms with Crippen LogP contribution in [0.4, 0.5) is 11.4 Å². The van der Waals surface area contributed by atoms with Crippen molar-refractivity contribution < 1.29 is 8.42 Å². The zero-order valence-corrected chi connectivity index (χ0v) is 12.3. The van der Waals surface area contributed by atoms with Crippen LogP contribution < -0.4 is 10.5 Å². The summed E-state index contributed by atoms with van der Waals surface area (Å²) in [5, 5.41) is 0.300. The monoisotopic (exact) mass is 303 g/mol. The molecule has 19 heavy (non-hydrogen) atoms. The molecule has 0 atom stereocenters. The average molecular weight is 304 g/mol. The zero-order valence-electron chi connectivity index (χ0n) is 10.8. The summed E-state index contributed by atoms with van der Waals surface area (Å²) in [4.78, 5) is 0. The van der Waals surface area contributed by atoms with Gasteiger partial charge in [-0.05, 0) is 30.9 Å². The third-order valence-electron chi connectivity index (χ3n) is 3.36. The van der Waals surface area contributed by atoms with Crippen LogP contribution in [0.5, 0.6) is 0 Å². The molecule has 1 fully saturated rings. The maximum Gasteiger partial charge on any atom is 0.301 e. The molecule has 1 aromatic carbocycles. The first-order valence-corrected chi connectivity index (χ1v) is 8.04. The van der Waals surface area contributed by atoms with Gasteiger partial charge in [0.1, 0.15) is 0 Å². The van der Waals surface area contributed by atoms with Gasteiger partial charge >= 0.3 is 10.2 Å². The van der Waals surface area contributed by atoms with Gasteiger partial charge in [0.15, 0.2) is 0 Å². The first-order valence-electron chi connectivity index (χ1n) is 6.22. The molecule has 0 aromatic heterocycles. The Balaban J connectivity index is 2.17. The Hall–Kier alpha value is -0.980. The van der Waals surface area contributed by atoms with Crippen molar-refractivity contribution in [2.45, 2.75) is 19.8 Å². The maximum absolute atomic E-state index is 12.3. The van der Waals surface area contributed by atoms with Gasteiger partial charge in [-0.2, -0.15) is 12.7 Å². The number of anilines is 2. The Labute approximate surface area is 118 Å². The van der Waals surface area contributed by atoms with Gasteiger partial charge in [-0.1, -0.05) is 24.6 Å². The molecule has 0 saturated carbocycles. The van der Waals surface area contributed by atoms with E-state index in [0.717, 1.165) is 12.8 Å². The van der Waals surface area contributed by atoms with E-state index in [1.807, 2.05) is 0 Å². The standard InChI is InChI=1S/C12H18ClN3O2S/c1-9-5-7-16(8-6-9)19(17,18)15-12-10(13)3-2-4-11(12)14/h2-4,9,15H,5-8,14H2,1H3. The van der Waals surface area contributed by atoms with Gasteiger partial charge in [-0.15, -0.1) is 0 Å². The van der Waals surface area contributed by atoms with E-state index in [1.165, 1.54) is 4.31 Å². The molecule has 7 heteroatoms. The van der Waals surface area contributed by atoms with E-state index in [-0.39, 0.29) is 5.69 Å². The molecule has 0 aliphatic carbocycles. The summed E-state index contributed by atoms with van der Waals surface area (Å²) in [6.07, 6.45) is 1.75. The highest BCUT2D eigenvalue weighted by atomic mass is 35.5. The lowest BCUT2D eigenvalue weighted by molar-refractivity contribution is 0.289. The van der Waals surface area contributed by atoms with Gasteiger partial charge in [-0.25, -0.2) is 0 Å². The number of benzene rings is 1. The summed E-state index contributed by atoms with van der Waals surface area (Å²) in [5.41, 5.74) is 6.32. The number of hydrogen-bond acceptors (Lipinski definition) is 3. The molecule has 1 saturated heterocycles. The number of para-hydroxylation sites is 1. The SMILES string of the molecule is CC1CCN(S(=O)(=O)Nc2c(N)cccc2Cl)CC1. The molecule has 0 radical (unpaired) electrons. The fraction of sp³-hybridized carbons (Fsp3) is 0.500. The lowest BCUT2D eigenvalue weighted by atomic mass is 10.0. The van der Waals surface area contributed by atoms with Gasteiger partial charge in [-0.3, -0.25) is 4.72 Å². The van der Waals surface area contributed by atoms with Crippen LogP contribution in [0.1, 0.15) is 19.8 Å². The third-order valence-corrected chi connectivity index (χ3v) is 5.18. The molecule has 0 unspecified atom stereocenters. The number of rotatable bonds is 3. The number of piperidine rings is 1. The molecule has 1 aliphatic rings. The lowest BCUT2D eigenvalue weighted by Crippen LogP contribution is -2.41. The lowest BCUT2D eigenvalue weighted by Gasteiger charge is -2.29. The predicted molar refractivity (Wildman–Crippen MR) is 78.4 cm³/mol. The van der Waals surface area contributed by atoms with Crippen molar-refractivity contribution in [3.8, 4) is 0 Å². The fourth-order valence-corrected chi connectivity index (χ4v) is 3.66. The largest absolute Gasteiger partial charge is 0.397 e.